The number of nitrogens with zero attached hydrogens (tertiary/aromatic N) is 4. The predicted molar refractivity (Wildman–Crippen MR) is 275 cm³/mol. The lowest BCUT2D eigenvalue weighted by Crippen LogP contribution is -2.65. The zero-order chi connectivity index (χ0) is 45.2. The first-order valence-corrected chi connectivity index (χ1v) is 25.7. The van der Waals surface area contributed by atoms with Gasteiger partial charge in [0.25, 0.3) is 0 Å². The Labute approximate surface area is 390 Å². The second-order valence-electron chi connectivity index (χ2n) is 19.4. The highest BCUT2D eigenvalue weighted by Gasteiger charge is 2.48. The lowest BCUT2D eigenvalue weighted by molar-refractivity contribution is -0.549. The van der Waals surface area contributed by atoms with Crippen molar-refractivity contribution in [2.45, 2.75) is 45.1 Å². The molecule has 1 aliphatic carbocycles. The fourth-order valence-electron chi connectivity index (χ4n) is 11.3. The van der Waals surface area contributed by atoms with Gasteiger partial charge in [-0.1, -0.05) is 192 Å². The Kier molecular flexibility index (Phi) is 8.44. The average molecular weight is 883 g/mol. The van der Waals surface area contributed by atoms with E-state index in [2.05, 4.69) is 236 Å². The summed E-state index contributed by atoms with van der Waals surface area (Å²) in [5, 5.41) is 3.90. The Balaban J connectivity index is 1.04. The van der Waals surface area contributed by atoms with Gasteiger partial charge < -0.3 is 4.74 Å². The van der Waals surface area contributed by atoms with Gasteiger partial charge in [-0.3, -0.25) is 4.98 Å². The van der Waals surface area contributed by atoms with E-state index < -0.39 is 8.07 Å². The van der Waals surface area contributed by atoms with Gasteiger partial charge in [0.15, 0.2) is 0 Å². The van der Waals surface area contributed by atoms with Crippen molar-refractivity contribution in [2.75, 3.05) is 0 Å². The van der Waals surface area contributed by atoms with Gasteiger partial charge in [-0.05, 0) is 73.7 Å². The summed E-state index contributed by atoms with van der Waals surface area (Å²) >= 11 is 0. The third-order valence-electron chi connectivity index (χ3n) is 15.6. The molecule has 7 heteroatoms. The first-order valence-electron chi connectivity index (χ1n) is 23.2. The average Bonchev–Trinajstić information content (AvgIpc) is 3.88. The summed E-state index contributed by atoms with van der Waals surface area (Å²) in [5.74, 6) is 3.43. The normalized spacial score (nSPS) is 15.1. The fourth-order valence-corrected chi connectivity index (χ4v) is 15.1. The number of ether oxygens (including phenoxy) is 1. The molecule has 8 aromatic carbocycles. The van der Waals surface area contributed by atoms with Crippen LogP contribution in [0, 0.1) is 0 Å². The number of nitrogens with one attached hydrogen (secondary N) is 1. The topological polar surface area (TPSA) is 59.1 Å². The minimum Gasteiger partial charge on any atom is -0.457 e. The van der Waals surface area contributed by atoms with E-state index in [0.29, 0.717) is 5.95 Å². The molecule has 1 unspecified atom stereocenters. The fraction of sp³-hybridized carbons (Fsp3) is 0.117. The number of fused-ring (bicyclic) bond motifs is 15. The van der Waals surface area contributed by atoms with Crippen LogP contribution in [0.5, 0.6) is 11.5 Å². The SMILES string of the molecule is CC1(C)c2ccccc2Oc2c(cccc2[Si](C)(c2ccccc2)c2ccc3c(c2)-c2ccccc2-c2cnc(-[n+]4c5ccccc5n5c6ccccc6[nH]c54)nc2-c2ccccc2-3)C1(C)C. The second kappa shape index (κ2) is 14.3. The van der Waals surface area contributed by atoms with Crippen LogP contribution >= 0.6 is 0 Å². The predicted octanol–water partition coefficient (Wildman–Crippen LogP) is 12.1. The summed E-state index contributed by atoms with van der Waals surface area (Å²) in [7, 11) is -2.84. The van der Waals surface area contributed by atoms with Crippen LogP contribution in [0.25, 0.3) is 78.4 Å². The molecule has 0 fully saturated rings. The summed E-state index contributed by atoms with van der Waals surface area (Å²) in [4.78, 5) is 14.5. The van der Waals surface area contributed by atoms with Gasteiger partial charge in [0.2, 0.25) is 0 Å². The number of imidazole rings is 2. The Morgan fingerprint density at radius 2 is 1.15 bits per heavy atom. The molecule has 0 radical (unpaired) electrons. The van der Waals surface area contributed by atoms with E-state index in [1.54, 1.807) is 0 Å². The Morgan fingerprint density at radius 3 is 1.96 bits per heavy atom. The quantitative estimate of drug-likeness (QED) is 0.109. The Hall–Kier alpha value is -7.87. The highest BCUT2D eigenvalue weighted by Crippen LogP contribution is 2.53. The van der Waals surface area contributed by atoms with Crippen molar-refractivity contribution in [1.82, 2.24) is 19.4 Å². The number of para-hydroxylation sites is 6. The lowest BCUT2D eigenvalue weighted by Gasteiger charge is -2.42. The highest BCUT2D eigenvalue weighted by molar-refractivity contribution is 7.11. The third kappa shape index (κ3) is 5.52. The van der Waals surface area contributed by atoms with Gasteiger partial charge in [0, 0.05) is 33.1 Å². The van der Waals surface area contributed by atoms with Crippen LogP contribution in [0.15, 0.2) is 194 Å². The number of aromatic amines is 1. The molecule has 0 bridgehead atoms. The molecule has 1 N–H and O–H groups in total. The number of rotatable bonds is 4. The monoisotopic (exact) mass is 882 g/mol. The zero-order valence-corrected chi connectivity index (χ0v) is 39.2. The molecule has 4 heterocycles. The van der Waals surface area contributed by atoms with Crippen molar-refractivity contribution in [2.24, 2.45) is 0 Å². The van der Waals surface area contributed by atoms with Gasteiger partial charge >= 0.3 is 11.7 Å². The van der Waals surface area contributed by atoms with Crippen molar-refractivity contribution in [1.29, 1.82) is 0 Å². The van der Waals surface area contributed by atoms with E-state index in [1.165, 1.54) is 37.8 Å². The van der Waals surface area contributed by atoms with E-state index in [-0.39, 0.29) is 10.8 Å². The minimum atomic E-state index is -2.84. The van der Waals surface area contributed by atoms with Crippen LogP contribution in [0.1, 0.15) is 38.8 Å². The number of hydrogen-bond donors (Lipinski definition) is 1. The molecule has 13 rings (SSSR count). The van der Waals surface area contributed by atoms with Crippen molar-refractivity contribution >= 4 is 51.5 Å². The molecule has 6 nitrogen and oxygen atoms in total. The van der Waals surface area contributed by atoms with Crippen molar-refractivity contribution in [3.8, 4) is 62.1 Å². The van der Waals surface area contributed by atoms with E-state index in [9.17, 15) is 0 Å². The highest BCUT2D eigenvalue weighted by atomic mass is 28.3. The molecule has 0 saturated heterocycles. The maximum absolute atomic E-state index is 7.30. The number of aromatic nitrogens is 5. The first kappa shape index (κ1) is 39.5. The van der Waals surface area contributed by atoms with Crippen LogP contribution in [-0.4, -0.2) is 27.4 Å². The zero-order valence-electron chi connectivity index (χ0n) is 38.2. The summed E-state index contributed by atoms with van der Waals surface area (Å²) in [6.45, 7) is 12.0. The number of benzene rings is 8. The molecular weight excluding hydrogens is 835 g/mol. The van der Waals surface area contributed by atoms with Crippen LogP contribution in [0.2, 0.25) is 6.55 Å². The van der Waals surface area contributed by atoms with Crippen molar-refractivity contribution < 1.29 is 9.30 Å². The second-order valence-corrected chi connectivity index (χ2v) is 23.4. The summed E-state index contributed by atoms with van der Waals surface area (Å²) in [6, 6.07) is 68.4. The smallest absolute Gasteiger partial charge is 0.361 e. The maximum atomic E-state index is 7.30. The Bertz CT molecular complexity index is 3820. The van der Waals surface area contributed by atoms with Gasteiger partial charge in [-0.15, -0.1) is 9.97 Å². The van der Waals surface area contributed by atoms with E-state index in [4.69, 9.17) is 14.7 Å². The first-order chi connectivity index (χ1) is 32.6. The Morgan fingerprint density at radius 1 is 0.537 bits per heavy atom. The molecule has 0 saturated carbocycles. The van der Waals surface area contributed by atoms with Crippen molar-refractivity contribution in [3.05, 3.63) is 205 Å². The van der Waals surface area contributed by atoms with Crippen LogP contribution in [-0.2, 0) is 10.8 Å². The number of H-pyrrole nitrogens is 1. The van der Waals surface area contributed by atoms with E-state index in [0.717, 1.165) is 72.9 Å². The van der Waals surface area contributed by atoms with Crippen LogP contribution in [0.4, 0.5) is 0 Å². The summed E-state index contributed by atoms with van der Waals surface area (Å²) < 4.78 is 11.7. The van der Waals surface area contributed by atoms with Gasteiger partial charge in [0.1, 0.15) is 47.3 Å². The minimum absolute atomic E-state index is 0.198. The van der Waals surface area contributed by atoms with Crippen LogP contribution < -0.4 is 24.9 Å². The molecule has 2 aliphatic rings. The van der Waals surface area contributed by atoms with E-state index in [1.807, 2.05) is 6.20 Å². The van der Waals surface area contributed by atoms with Crippen LogP contribution in [0.3, 0.4) is 0 Å². The lowest BCUT2D eigenvalue weighted by atomic mass is 9.61. The summed E-state index contributed by atoms with van der Waals surface area (Å²) in [6.07, 6.45) is 2.04. The molecule has 1 atom stereocenters. The van der Waals surface area contributed by atoms with Crippen molar-refractivity contribution in [3.63, 3.8) is 0 Å². The third-order valence-corrected chi connectivity index (χ3v) is 20.1. The standard InChI is InChI=1S/C60H47N5OSi/c1-59(2)47-26-13-18-32-53(47)66-56-48(60(59,3)4)27-19-33-54(56)67(5,38-20-7-6-8-21-38)39-34-35-43-40-22-11-12-25-44(40)55-46(42-24-10-9-23-41(42)45(43)36-39)37-61-57(63-55)65-52-31-17-16-30-51(52)64-50-29-15-14-28-49(50)62-58(64)65/h6-37H,1-5H3/p+1. The van der Waals surface area contributed by atoms with Gasteiger partial charge in [-0.25, -0.2) is 4.40 Å². The molecule has 3 aromatic heterocycles. The summed E-state index contributed by atoms with van der Waals surface area (Å²) in [5.41, 5.74) is 15.0. The molecular formula is C60H48N5OSi+. The largest absolute Gasteiger partial charge is 0.457 e. The molecule has 0 spiro atoms. The van der Waals surface area contributed by atoms with Gasteiger partial charge in [-0.2, -0.15) is 4.57 Å². The van der Waals surface area contributed by atoms with Gasteiger partial charge in [0.05, 0.1) is 6.20 Å². The molecule has 11 aromatic rings. The maximum Gasteiger partial charge on any atom is 0.361 e. The molecule has 0 amide bonds. The number of hydrogen-bond acceptors (Lipinski definition) is 3. The molecule has 322 valence electrons. The van der Waals surface area contributed by atoms with E-state index >= 15 is 0 Å². The molecule has 1 aliphatic heterocycles. The molecule has 67 heavy (non-hydrogen) atoms.